The number of amides is 1. The van der Waals surface area contributed by atoms with E-state index >= 15 is 0 Å². The van der Waals surface area contributed by atoms with Crippen molar-refractivity contribution in [2.24, 2.45) is 0 Å². The van der Waals surface area contributed by atoms with Gasteiger partial charge in [-0.1, -0.05) is 40.2 Å². The number of anilines is 1. The van der Waals surface area contributed by atoms with Crippen molar-refractivity contribution in [2.45, 2.75) is 32.4 Å². The molecule has 0 radical (unpaired) electrons. The lowest BCUT2D eigenvalue weighted by Gasteiger charge is -2.29. The molecule has 5 rings (SSSR count). The molecule has 0 spiro atoms. The normalized spacial score (nSPS) is 17.1. The Labute approximate surface area is 230 Å². The van der Waals surface area contributed by atoms with Gasteiger partial charge < -0.3 is 20.1 Å². The summed E-state index contributed by atoms with van der Waals surface area (Å²) in [6, 6.07) is 24.0. The SMILES string of the molecule is Cc1ccc(C)c(NC(=O)CCN2C(=S)NC(c3ccccn3)C2c2cccn2-c2cccc(Br)c2)c1. The van der Waals surface area contributed by atoms with Crippen LogP contribution in [0.2, 0.25) is 0 Å². The zero-order valence-corrected chi connectivity index (χ0v) is 23.1. The molecule has 0 saturated carbocycles. The Balaban J connectivity index is 1.44. The van der Waals surface area contributed by atoms with Gasteiger partial charge in [0.15, 0.2) is 5.11 Å². The first-order valence-corrected chi connectivity index (χ1v) is 13.4. The van der Waals surface area contributed by atoms with E-state index in [4.69, 9.17) is 12.2 Å². The second-order valence-electron chi connectivity index (χ2n) is 9.22. The summed E-state index contributed by atoms with van der Waals surface area (Å²) in [7, 11) is 0. The van der Waals surface area contributed by atoms with Crippen LogP contribution in [0.1, 0.15) is 41.0 Å². The van der Waals surface area contributed by atoms with E-state index in [-0.39, 0.29) is 18.0 Å². The summed E-state index contributed by atoms with van der Waals surface area (Å²) in [4.78, 5) is 19.7. The Bertz CT molecular complexity index is 1440. The Morgan fingerprint density at radius 1 is 1.08 bits per heavy atom. The number of hydrogen-bond donors (Lipinski definition) is 2. The van der Waals surface area contributed by atoms with Gasteiger partial charge in [0.05, 0.1) is 17.8 Å². The lowest BCUT2D eigenvalue weighted by atomic mass is 10.0. The maximum atomic E-state index is 13.0. The first-order chi connectivity index (χ1) is 17.9. The first-order valence-electron chi connectivity index (χ1n) is 12.2. The number of carbonyl (C=O) groups excluding carboxylic acids is 1. The predicted molar refractivity (Wildman–Crippen MR) is 155 cm³/mol. The van der Waals surface area contributed by atoms with Crippen LogP contribution >= 0.6 is 28.1 Å². The van der Waals surface area contributed by atoms with Crippen molar-refractivity contribution < 1.29 is 4.79 Å². The molecule has 2 aromatic heterocycles. The number of pyridine rings is 1. The van der Waals surface area contributed by atoms with Gasteiger partial charge >= 0.3 is 0 Å². The number of thiocarbonyl (C=S) groups is 1. The standard InChI is InChI=1S/C29H28BrN5OS/c1-19-11-12-20(2)24(17-19)32-26(36)13-16-35-28(27(33-29(35)37)23-9-3-4-14-31-23)25-10-6-15-34(25)22-8-5-7-21(30)18-22/h3-12,14-15,17-18,27-28H,13,16H2,1-2H3,(H,32,36)(H,33,37). The third-order valence-corrected chi connectivity index (χ3v) is 7.46. The molecule has 1 aliphatic heterocycles. The fourth-order valence-corrected chi connectivity index (χ4v) is 5.49. The molecule has 0 aliphatic carbocycles. The number of benzene rings is 2. The predicted octanol–water partition coefficient (Wildman–Crippen LogP) is 6.25. The maximum absolute atomic E-state index is 13.0. The minimum atomic E-state index is -0.156. The van der Waals surface area contributed by atoms with Crippen LogP contribution in [0, 0.1) is 13.8 Å². The summed E-state index contributed by atoms with van der Waals surface area (Å²) in [5.41, 5.74) is 6.00. The number of hydrogen-bond acceptors (Lipinski definition) is 3. The maximum Gasteiger partial charge on any atom is 0.226 e. The summed E-state index contributed by atoms with van der Waals surface area (Å²) in [5.74, 6) is -0.0427. The molecule has 188 valence electrons. The minimum Gasteiger partial charge on any atom is -0.352 e. The number of aromatic nitrogens is 2. The molecule has 3 heterocycles. The van der Waals surface area contributed by atoms with E-state index in [1.165, 1.54) is 0 Å². The van der Waals surface area contributed by atoms with Gasteiger partial charge in [0.25, 0.3) is 0 Å². The fourth-order valence-electron chi connectivity index (χ4n) is 4.77. The Hall–Kier alpha value is -3.49. The van der Waals surface area contributed by atoms with Crippen LogP contribution in [0.25, 0.3) is 5.69 Å². The monoisotopic (exact) mass is 573 g/mol. The molecule has 1 aliphatic rings. The van der Waals surface area contributed by atoms with Crippen molar-refractivity contribution in [1.82, 2.24) is 19.8 Å². The zero-order chi connectivity index (χ0) is 25.9. The molecule has 8 heteroatoms. The number of nitrogens with one attached hydrogen (secondary N) is 2. The molecule has 2 aromatic carbocycles. The molecule has 1 fully saturated rings. The zero-order valence-electron chi connectivity index (χ0n) is 20.7. The second-order valence-corrected chi connectivity index (χ2v) is 10.5. The smallest absolute Gasteiger partial charge is 0.226 e. The molecule has 2 unspecified atom stereocenters. The molecule has 4 aromatic rings. The van der Waals surface area contributed by atoms with Crippen LogP contribution in [0.4, 0.5) is 5.69 Å². The lowest BCUT2D eigenvalue weighted by Crippen LogP contribution is -2.33. The fraction of sp³-hybridized carbons (Fsp3) is 0.207. The number of aryl methyl sites for hydroxylation is 2. The van der Waals surface area contributed by atoms with Crippen LogP contribution < -0.4 is 10.6 Å². The Kier molecular flexibility index (Phi) is 7.39. The average Bonchev–Trinajstić information content (AvgIpc) is 3.49. The molecule has 6 nitrogen and oxygen atoms in total. The van der Waals surface area contributed by atoms with Crippen molar-refractivity contribution >= 4 is 44.9 Å². The molecular weight excluding hydrogens is 546 g/mol. The summed E-state index contributed by atoms with van der Waals surface area (Å²) in [6.07, 6.45) is 4.16. The number of rotatable bonds is 7. The van der Waals surface area contributed by atoms with Gasteiger partial charge in [-0.3, -0.25) is 9.78 Å². The largest absolute Gasteiger partial charge is 0.352 e. The highest BCUT2D eigenvalue weighted by atomic mass is 79.9. The summed E-state index contributed by atoms with van der Waals surface area (Å²) < 4.78 is 3.18. The van der Waals surface area contributed by atoms with Crippen molar-refractivity contribution in [3.05, 3.63) is 112 Å². The number of nitrogens with zero attached hydrogens (tertiary/aromatic N) is 3. The van der Waals surface area contributed by atoms with Crippen LogP contribution in [-0.4, -0.2) is 32.0 Å². The van der Waals surface area contributed by atoms with Gasteiger partial charge in [-0.2, -0.15) is 0 Å². The summed E-state index contributed by atoms with van der Waals surface area (Å²) in [5, 5.41) is 7.17. The minimum absolute atomic E-state index is 0.0427. The molecule has 37 heavy (non-hydrogen) atoms. The third kappa shape index (κ3) is 5.45. The van der Waals surface area contributed by atoms with Crippen molar-refractivity contribution in [1.29, 1.82) is 0 Å². The van der Waals surface area contributed by atoms with Crippen LogP contribution in [0.15, 0.2) is 89.7 Å². The highest BCUT2D eigenvalue weighted by Gasteiger charge is 2.41. The summed E-state index contributed by atoms with van der Waals surface area (Å²) in [6.45, 7) is 4.49. The third-order valence-electron chi connectivity index (χ3n) is 6.61. The van der Waals surface area contributed by atoms with E-state index in [1.54, 1.807) is 6.20 Å². The number of carbonyl (C=O) groups is 1. The average molecular weight is 575 g/mol. The van der Waals surface area contributed by atoms with Gasteiger partial charge in [-0.05, 0) is 85.7 Å². The first kappa shape index (κ1) is 25.2. The van der Waals surface area contributed by atoms with Crippen molar-refractivity contribution in [3.8, 4) is 5.69 Å². The Morgan fingerprint density at radius 2 is 1.95 bits per heavy atom. The quantitative estimate of drug-likeness (QED) is 0.256. The number of halogens is 1. The van der Waals surface area contributed by atoms with Crippen molar-refractivity contribution in [2.75, 3.05) is 11.9 Å². The molecule has 2 atom stereocenters. The van der Waals surface area contributed by atoms with E-state index in [0.717, 1.165) is 38.4 Å². The highest BCUT2D eigenvalue weighted by molar-refractivity contribution is 9.10. The molecule has 2 N–H and O–H groups in total. The van der Waals surface area contributed by atoms with E-state index in [2.05, 4.69) is 65.4 Å². The van der Waals surface area contributed by atoms with Crippen LogP contribution in [0.3, 0.4) is 0 Å². The topological polar surface area (TPSA) is 62.2 Å². The summed E-state index contributed by atoms with van der Waals surface area (Å²) >= 11 is 9.40. The van der Waals surface area contributed by atoms with Crippen LogP contribution in [-0.2, 0) is 4.79 Å². The van der Waals surface area contributed by atoms with Gasteiger partial charge in [0.2, 0.25) is 5.91 Å². The molecule has 1 saturated heterocycles. The Morgan fingerprint density at radius 3 is 2.73 bits per heavy atom. The lowest BCUT2D eigenvalue weighted by molar-refractivity contribution is -0.116. The molecule has 0 bridgehead atoms. The highest BCUT2D eigenvalue weighted by Crippen LogP contribution is 2.39. The molecular formula is C29H28BrN5OS. The van der Waals surface area contributed by atoms with Crippen molar-refractivity contribution in [3.63, 3.8) is 0 Å². The van der Waals surface area contributed by atoms with Gasteiger partial charge in [0.1, 0.15) is 0 Å². The second kappa shape index (κ2) is 10.9. The van der Waals surface area contributed by atoms with Gasteiger partial charge in [-0.15, -0.1) is 0 Å². The van der Waals surface area contributed by atoms with E-state index in [0.29, 0.717) is 18.1 Å². The van der Waals surface area contributed by atoms with Crippen LogP contribution in [0.5, 0.6) is 0 Å². The van der Waals surface area contributed by atoms with Gasteiger partial charge in [0, 0.05) is 46.9 Å². The molecule has 1 amide bonds. The van der Waals surface area contributed by atoms with E-state index in [1.807, 2.05) is 68.4 Å². The van der Waals surface area contributed by atoms with Gasteiger partial charge in [-0.25, -0.2) is 0 Å². The van der Waals surface area contributed by atoms with E-state index in [9.17, 15) is 4.79 Å². The van der Waals surface area contributed by atoms with E-state index < -0.39 is 0 Å².